The van der Waals surface area contributed by atoms with Crippen molar-refractivity contribution in [3.63, 3.8) is 0 Å². The molecule has 0 spiro atoms. The fourth-order valence-corrected chi connectivity index (χ4v) is 2.94. The van der Waals surface area contributed by atoms with Crippen molar-refractivity contribution in [1.29, 1.82) is 0 Å². The van der Waals surface area contributed by atoms with Crippen LogP contribution in [0.3, 0.4) is 0 Å². The number of carbonyl (C=O) groups excluding carboxylic acids is 3. The van der Waals surface area contributed by atoms with Crippen molar-refractivity contribution < 1.29 is 28.8 Å². The molecule has 1 aromatic rings. The normalized spacial score (nSPS) is 18.6. The smallest absolute Gasteiger partial charge is 0.330 e. The molecule has 0 saturated carbocycles. The van der Waals surface area contributed by atoms with Gasteiger partial charge in [0, 0.05) is 11.6 Å². The lowest BCUT2D eigenvalue weighted by atomic mass is 9.90. The van der Waals surface area contributed by atoms with Crippen LogP contribution in [0.15, 0.2) is 18.2 Å². The van der Waals surface area contributed by atoms with Crippen molar-refractivity contribution in [3.8, 4) is 0 Å². The molecule has 1 heterocycles. The highest BCUT2D eigenvalue weighted by molar-refractivity contribution is 6.09. The molecule has 9 nitrogen and oxygen atoms in total. The topological polar surface area (TPSA) is 125 Å². The number of hydrogen-bond acceptors (Lipinski definition) is 7. The van der Waals surface area contributed by atoms with Gasteiger partial charge in [-0.1, -0.05) is 13.8 Å². The van der Waals surface area contributed by atoms with Gasteiger partial charge < -0.3 is 14.8 Å². The minimum atomic E-state index is -1.27. The van der Waals surface area contributed by atoms with Crippen LogP contribution < -0.4 is 5.32 Å². The Bertz CT molecular complexity index is 827. The summed E-state index contributed by atoms with van der Waals surface area (Å²) in [6.45, 7) is 8.78. The van der Waals surface area contributed by atoms with Crippen LogP contribution in [0.1, 0.15) is 45.7 Å². The zero-order valence-electron chi connectivity index (χ0n) is 17.2. The van der Waals surface area contributed by atoms with E-state index in [-0.39, 0.29) is 18.2 Å². The monoisotopic (exact) mass is 406 g/mol. The largest absolute Gasteiger partial charge is 0.460 e. The van der Waals surface area contributed by atoms with Gasteiger partial charge in [0.15, 0.2) is 5.92 Å². The maximum absolute atomic E-state index is 12.3. The van der Waals surface area contributed by atoms with E-state index in [0.717, 1.165) is 0 Å². The molecular formula is C20H26N2O7. The maximum atomic E-state index is 12.3. The Hall–Kier alpha value is -2.97. The van der Waals surface area contributed by atoms with Gasteiger partial charge in [-0.3, -0.25) is 19.7 Å². The fraction of sp³-hybridized carbons (Fsp3) is 0.550. The number of nitro groups is 1. The lowest BCUT2D eigenvalue weighted by Gasteiger charge is -2.34. The molecule has 0 bridgehead atoms. The molecule has 2 atom stereocenters. The lowest BCUT2D eigenvalue weighted by Crippen LogP contribution is -2.65. The first kappa shape index (κ1) is 22.3. The molecule has 0 aliphatic carbocycles. The van der Waals surface area contributed by atoms with E-state index in [4.69, 9.17) is 9.47 Å². The number of hydrogen-bond donors (Lipinski definition) is 1. The summed E-state index contributed by atoms with van der Waals surface area (Å²) in [5, 5.41) is 13.5. The van der Waals surface area contributed by atoms with E-state index < -0.39 is 40.3 Å². The number of β-lactam (4-membered cyclic amide) rings is 1. The lowest BCUT2D eigenvalue weighted by molar-refractivity contribution is -0.385. The molecule has 1 aliphatic heterocycles. The van der Waals surface area contributed by atoms with Crippen LogP contribution in [0, 0.1) is 22.0 Å². The molecule has 9 heteroatoms. The molecule has 2 rings (SSSR count). The molecule has 1 fully saturated rings. The SMILES string of the molecule is CC(C)Cc1cc(COC(=O)[C@H]2C(=O)N[C@@H]2C(=O)OC(C)(C)C)ccc1[N+](=O)[O-]. The summed E-state index contributed by atoms with van der Waals surface area (Å²) in [6.07, 6.45) is 0.504. The number of nitrogens with zero attached hydrogens (tertiary/aromatic N) is 1. The summed E-state index contributed by atoms with van der Waals surface area (Å²) in [5.41, 5.74) is 0.370. The maximum Gasteiger partial charge on any atom is 0.330 e. The summed E-state index contributed by atoms with van der Waals surface area (Å²) in [6, 6.07) is 3.42. The molecule has 0 unspecified atom stereocenters. The second-order valence-electron chi connectivity index (χ2n) is 8.42. The predicted octanol–water partition coefficient (Wildman–Crippen LogP) is 2.29. The molecule has 1 saturated heterocycles. The Labute approximate surface area is 168 Å². The van der Waals surface area contributed by atoms with Crippen molar-refractivity contribution in [2.24, 2.45) is 11.8 Å². The average molecular weight is 406 g/mol. The van der Waals surface area contributed by atoms with Crippen LogP contribution in [0.5, 0.6) is 0 Å². The Morgan fingerprint density at radius 1 is 1.24 bits per heavy atom. The minimum absolute atomic E-state index is 0.0112. The van der Waals surface area contributed by atoms with E-state index in [2.05, 4.69) is 5.32 Å². The van der Waals surface area contributed by atoms with E-state index in [1.165, 1.54) is 12.1 Å². The van der Waals surface area contributed by atoms with Crippen LogP contribution in [0.4, 0.5) is 5.69 Å². The number of ether oxygens (including phenoxy) is 2. The molecular weight excluding hydrogens is 380 g/mol. The summed E-state index contributed by atoms with van der Waals surface area (Å²) < 4.78 is 10.4. The molecule has 158 valence electrons. The van der Waals surface area contributed by atoms with Crippen LogP contribution in [-0.4, -0.2) is 34.4 Å². The Balaban J connectivity index is 2.05. The van der Waals surface area contributed by atoms with Crippen LogP contribution in [-0.2, 0) is 36.9 Å². The first-order valence-electron chi connectivity index (χ1n) is 9.35. The van der Waals surface area contributed by atoms with Gasteiger partial charge in [-0.15, -0.1) is 0 Å². The third kappa shape index (κ3) is 5.75. The summed E-state index contributed by atoms with van der Waals surface area (Å²) in [5.74, 6) is -3.20. The van der Waals surface area contributed by atoms with E-state index in [9.17, 15) is 24.5 Å². The van der Waals surface area contributed by atoms with Crippen LogP contribution in [0.25, 0.3) is 0 Å². The van der Waals surface area contributed by atoms with E-state index in [0.29, 0.717) is 17.5 Å². The number of benzene rings is 1. The number of nitrogens with one attached hydrogen (secondary N) is 1. The molecule has 29 heavy (non-hydrogen) atoms. The molecule has 1 amide bonds. The van der Waals surface area contributed by atoms with E-state index in [1.54, 1.807) is 26.8 Å². The van der Waals surface area contributed by atoms with Gasteiger partial charge in [0.2, 0.25) is 5.91 Å². The summed E-state index contributed by atoms with van der Waals surface area (Å²) in [4.78, 5) is 46.9. The highest BCUT2D eigenvalue weighted by Crippen LogP contribution is 2.25. The number of amides is 1. The molecule has 0 aromatic heterocycles. The van der Waals surface area contributed by atoms with Crippen molar-refractivity contribution in [2.75, 3.05) is 0 Å². The summed E-state index contributed by atoms with van der Waals surface area (Å²) >= 11 is 0. The zero-order chi connectivity index (χ0) is 21.9. The molecule has 1 N–H and O–H groups in total. The second kappa shape index (κ2) is 8.59. The van der Waals surface area contributed by atoms with E-state index >= 15 is 0 Å². The van der Waals surface area contributed by atoms with Crippen molar-refractivity contribution in [1.82, 2.24) is 5.32 Å². The fourth-order valence-electron chi connectivity index (χ4n) is 2.94. The number of carbonyl (C=O) groups is 3. The van der Waals surface area contributed by atoms with E-state index in [1.807, 2.05) is 13.8 Å². The molecule has 1 aliphatic rings. The Morgan fingerprint density at radius 3 is 2.41 bits per heavy atom. The van der Waals surface area contributed by atoms with Gasteiger partial charge in [-0.2, -0.15) is 0 Å². The first-order chi connectivity index (χ1) is 13.4. The molecule has 1 aromatic carbocycles. The quantitative estimate of drug-likeness (QED) is 0.242. The van der Waals surface area contributed by atoms with Crippen molar-refractivity contribution in [3.05, 3.63) is 39.4 Å². The van der Waals surface area contributed by atoms with Gasteiger partial charge in [-0.25, -0.2) is 4.79 Å². The third-order valence-corrected chi connectivity index (χ3v) is 4.18. The zero-order valence-corrected chi connectivity index (χ0v) is 17.2. The first-order valence-corrected chi connectivity index (χ1v) is 9.35. The standard InChI is InChI=1S/C20H26N2O7/c1-11(2)8-13-9-12(6-7-14(13)22(26)27)10-28-18(24)15-16(21-17(15)23)19(25)29-20(3,4)5/h6-7,9,11,15-16H,8,10H2,1-5H3,(H,21,23)/t15-,16+/m1/s1. The van der Waals surface area contributed by atoms with Gasteiger partial charge in [0.1, 0.15) is 18.2 Å². The number of nitro benzene ring substituents is 1. The van der Waals surface area contributed by atoms with Gasteiger partial charge >= 0.3 is 11.9 Å². The minimum Gasteiger partial charge on any atom is -0.460 e. The van der Waals surface area contributed by atoms with Crippen molar-refractivity contribution >= 4 is 23.5 Å². The molecule has 0 radical (unpaired) electrons. The Morgan fingerprint density at radius 2 is 1.90 bits per heavy atom. The van der Waals surface area contributed by atoms with Gasteiger partial charge in [-0.05, 0) is 50.8 Å². The second-order valence-corrected chi connectivity index (χ2v) is 8.42. The number of esters is 2. The van der Waals surface area contributed by atoms with Crippen LogP contribution in [0.2, 0.25) is 0 Å². The highest BCUT2D eigenvalue weighted by atomic mass is 16.6. The number of rotatable bonds is 7. The van der Waals surface area contributed by atoms with Gasteiger partial charge in [0.05, 0.1) is 4.92 Å². The predicted molar refractivity (Wildman–Crippen MR) is 103 cm³/mol. The van der Waals surface area contributed by atoms with Crippen LogP contribution >= 0.6 is 0 Å². The third-order valence-electron chi connectivity index (χ3n) is 4.18. The van der Waals surface area contributed by atoms with Gasteiger partial charge in [0.25, 0.3) is 5.69 Å². The Kier molecular flexibility index (Phi) is 6.61. The average Bonchev–Trinajstić information content (AvgIpc) is 2.55. The summed E-state index contributed by atoms with van der Waals surface area (Å²) in [7, 11) is 0. The van der Waals surface area contributed by atoms with Crippen molar-refractivity contribution in [2.45, 2.75) is 59.3 Å². The highest BCUT2D eigenvalue weighted by Gasteiger charge is 2.51.